The van der Waals surface area contributed by atoms with Crippen molar-refractivity contribution in [1.82, 2.24) is 25.3 Å². The first-order chi connectivity index (χ1) is 13.0. The topological polar surface area (TPSA) is 64.3 Å². The Morgan fingerprint density at radius 1 is 1.41 bits per heavy atom. The molecule has 2 aromatic rings. The highest BCUT2D eigenvalue weighted by Gasteiger charge is 2.27. The molecule has 0 unspecified atom stereocenters. The summed E-state index contributed by atoms with van der Waals surface area (Å²) >= 11 is 0. The number of nitrogens with one attached hydrogen (secondary N) is 2. The molecule has 146 valence electrons. The summed E-state index contributed by atoms with van der Waals surface area (Å²) in [5, 5.41) is 10.1. The summed E-state index contributed by atoms with van der Waals surface area (Å²) in [6.07, 6.45) is 4.02. The minimum Gasteiger partial charge on any atom is -0.336 e. The molecule has 1 aliphatic heterocycles. The van der Waals surface area contributed by atoms with Gasteiger partial charge in [0.1, 0.15) is 5.82 Å². The first-order valence-electron chi connectivity index (χ1n) is 9.48. The van der Waals surface area contributed by atoms with Gasteiger partial charge in [0.25, 0.3) is 0 Å². The zero-order valence-electron chi connectivity index (χ0n) is 16.2. The highest BCUT2D eigenvalue weighted by atomic mass is 19.1. The predicted octanol–water partition coefficient (Wildman–Crippen LogP) is 3.23. The van der Waals surface area contributed by atoms with Crippen LogP contribution in [-0.4, -0.2) is 58.2 Å². The number of benzene rings is 1. The van der Waals surface area contributed by atoms with Gasteiger partial charge >= 0.3 is 6.03 Å². The molecule has 0 saturated carbocycles. The third kappa shape index (κ3) is 4.66. The molecule has 1 aliphatic rings. The number of rotatable bonds is 6. The Morgan fingerprint density at radius 3 is 2.85 bits per heavy atom. The molecule has 0 radical (unpaired) electrons. The van der Waals surface area contributed by atoms with Crippen LogP contribution in [0.2, 0.25) is 0 Å². The molecule has 7 heteroatoms. The molecule has 0 spiro atoms. The number of hydrogen-bond donors (Lipinski definition) is 2. The fourth-order valence-electron chi connectivity index (χ4n) is 3.72. The number of aromatic nitrogens is 2. The summed E-state index contributed by atoms with van der Waals surface area (Å²) in [6.45, 7) is 6.58. The largest absolute Gasteiger partial charge is 0.336 e. The van der Waals surface area contributed by atoms with E-state index in [4.69, 9.17) is 0 Å². The van der Waals surface area contributed by atoms with E-state index in [-0.39, 0.29) is 11.8 Å². The maximum absolute atomic E-state index is 13.1. The van der Waals surface area contributed by atoms with Crippen LogP contribution >= 0.6 is 0 Å². The van der Waals surface area contributed by atoms with Crippen LogP contribution in [0, 0.1) is 5.82 Å². The molecule has 27 heavy (non-hydrogen) atoms. The number of halogens is 1. The van der Waals surface area contributed by atoms with Crippen molar-refractivity contribution in [1.29, 1.82) is 0 Å². The SMILES string of the molecule is CC(C)N1CCC[C@H]1CNC(=O)N(C)Cc1cn[nH]c1-c1ccc(F)cc1. The van der Waals surface area contributed by atoms with Gasteiger partial charge in [-0.25, -0.2) is 9.18 Å². The molecule has 2 N–H and O–H groups in total. The summed E-state index contributed by atoms with van der Waals surface area (Å²) in [5.41, 5.74) is 2.54. The van der Waals surface area contributed by atoms with E-state index in [0.717, 1.165) is 29.8 Å². The van der Waals surface area contributed by atoms with E-state index in [1.165, 1.54) is 18.6 Å². The van der Waals surface area contributed by atoms with Crippen molar-refractivity contribution in [2.75, 3.05) is 20.1 Å². The zero-order chi connectivity index (χ0) is 19.4. The lowest BCUT2D eigenvalue weighted by Crippen LogP contribution is -2.46. The van der Waals surface area contributed by atoms with Crippen molar-refractivity contribution in [3.63, 3.8) is 0 Å². The van der Waals surface area contributed by atoms with Gasteiger partial charge in [-0.05, 0) is 57.5 Å². The maximum Gasteiger partial charge on any atom is 0.317 e. The van der Waals surface area contributed by atoms with Crippen LogP contribution in [0.4, 0.5) is 9.18 Å². The molecular formula is C20H28FN5O. The quantitative estimate of drug-likeness (QED) is 0.817. The summed E-state index contributed by atoms with van der Waals surface area (Å²) in [7, 11) is 1.77. The van der Waals surface area contributed by atoms with Crippen LogP contribution in [0.5, 0.6) is 0 Å². The first kappa shape index (κ1) is 19.4. The molecule has 1 saturated heterocycles. The number of carbonyl (C=O) groups excluding carboxylic acids is 1. The Labute approximate surface area is 159 Å². The van der Waals surface area contributed by atoms with Gasteiger partial charge in [0.05, 0.1) is 18.4 Å². The van der Waals surface area contributed by atoms with Gasteiger partial charge in [-0.1, -0.05) is 0 Å². The average molecular weight is 373 g/mol. The van der Waals surface area contributed by atoms with Gasteiger partial charge in [-0.2, -0.15) is 5.10 Å². The van der Waals surface area contributed by atoms with Crippen molar-refractivity contribution in [2.24, 2.45) is 0 Å². The third-order valence-electron chi connectivity index (χ3n) is 5.18. The number of nitrogens with zero attached hydrogens (tertiary/aromatic N) is 3. The van der Waals surface area contributed by atoms with Crippen molar-refractivity contribution in [3.05, 3.63) is 41.8 Å². The van der Waals surface area contributed by atoms with E-state index >= 15 is 0 Å². The van der Waals surface area contributed by atoms with E-state index in [2.05, 4.69) is 34.3 Å². The number of amides is 2. The van der Waals surface area contributed by atoms with Crippen LogP contribution in [-0.2, 0) is 6.54 Å². The number of carbonyl (C=O) groups is 1. The molecule has 1 aromatic heterocycles. The Hall–Kier alpha value is -2.41. The standard InChI is InChI=1S/C20H28FN5O/c1-14(2)26-10-4-5-18(26)12-22-20(27)25(3)13-16-11-23-24-19(16)15-6-8-17(21)9-7-15/h6-9,11,14,18H,4-5,10,12-13H2,1-3H3,(H,22,27)(H,23,24)/t18-/m0/s1. The minimum absolute atomic E-state index is 0.100. The van der Waals surface area contributed by atoms with Gasteiger partial charge < -0.3 is 10.2 Å². The second-order valence-electron chi connectivity index (χ2n) is 7.45. The molecule has 1 aromatic carbocycles. The highest BCUT2D eigenvalue weighted by molar-refractivity contribution is 5.74. The summed E-state index contributed by atoms with van der Waals surface area (Å²) in [6, 6.07) is 7.04. The van der Waals surface area contributed by atoms with Crippen molar-refractivity contribution < 1.29 is 9.18 Å². The van der Waals surface area contributed by atoms with Gasteiger partial charge in [-0.15, -0.1) is 0 Å². The highest BCUT2D eigenvalue weighted by Crippen LogP contribution is 2.22. The third-order valence-corrected chi connectivity index (χ3v) is 5.18. The van der Waals surface area contributed by atoms with E-state index in [1.54, 1.807) is 30.3 Å². The fraction of sp³-hybridized carbons (Fsp3) is 0.500. The molecule has 2 heterocycles. The van der Waals surface area contributed by atoms with Gasteiger partial charge in [0.15, 0.2) is 0 Å². The lowest BCUT2D eigenvalue weighted by Gasteiger charge is -2.29. The number of urea groups is 1. The van der Waals surface area contributed by atoms with Crippen molar-refractivity contribution in [3.8, 4) is 11.3 Å². The Kier molecular flexibility index (Phi) is 6.11. The van der Waals surface area contributed by atoms with E-state index in [0.29, 0.717) is 25.2 Å². The monoisotopic (exact) mass is 373 g/mol. The van der Waals surface area contributed by atoms with Crippen LogP contribution in [0.25, 0.3) is 11.3 Å². The number of aromatic amines is 1. The molecule has 0 bridgehead atoms. The van der Waals surface area contributed by atoms with Gasteiger partial charge in [0, 0.05) is 36.8 Å². The molecule has 6 nitrogen and oxygen atoms in total. The van der Waals surface area contributed by atoms with Gasteiger partial charge in [0.2, 0.25) is 0 Å². The van der Waals surface area contributed by atoms with Crippen LogP contribution in [0.3, 0.4) is 0 Å². The molecular weight excluding hydrogens is 345 g/mol. The summed E-state index contributed by atoms with van der Waals surface area (Å²) in [5.74, 6) is -0.279. The normalized spacial score (nSPS) is 17.4. The van der Waals surface area contributed by atoms with Crippen molar-refractivity contribution in [2.45, 2.75) is 45.3 Å². The Bertz CT molecular complexity index is 758. The lowest BCUT2D eigenvalue weighted by molar-refractivity contribution is 0.184. The molecule has 2 amide bonds. The predicted molar refractivity (Wildman–Crippen MR) is 104 cm³/mol. The summed E-state index contributed by atoms with van der Waals surface area (Å²) in [4.78, 5) is 16.6. The van der Waals surface area contributed by atoms with Crippen LogP contribution < -0.4 is 5.32 Å². The fourth-order valence-corrected chi connectivity index (χ4v) is 3.72. The Morgan fingerprint density at radius 2 is 2.15 bits per heavy atom. The second-order valence-corrected chi connectivity index (χ2v) is 7.45. The number of likely N-dealkylation sites (tertiary alicyclic amines) is 1. The smallest absolute Gasteiger partial charge is 0.317 e. The molecule has 3 rings (SSSR count). The molecule has 1 fully saturated rings. The lowest BCUT2D eigenvalue weighted by atomic mass is 10.1. The molecule has 1 atom stereocenters. The van der Waals surface area contributed by atoms with Crippen LogP contribution in [0.1, 0.15) is 32.3 Å². The minimum atomic E-state index is -0.279. The van der Waals surface area contributed by atoms with Gasteiger partial charge in [-0.3, -0.25) is 10.00 Å². The molecule has 0 aliphatic carbocycles. The van der Waals surface area contributed by atoms with E-state index < -0.39 is 0 Å². The Balaban J connectivity index is 1.57. The maximum atomic E-state index is 13.1. The van der Waals surface area contributed by atoms with Crippen LogP contribution in [0.15, 0.2) is 30.5 Å². The number of hydrogen-bond acceptors (Lipinski definition) is 3. The second kappa shape index (κ2) is 8.52. The van der Waals surface area contributed by atoms with E-state index in [9.17, 15) is 9.18 Å². The van der Waals surface area contributed by atoms with Crippen molar-refractivity contribution >= 4 is 6.03 Å². The zero-order valence-corrected chi connectivity index (χ0v) is 16.2. The first-order valence-corrected chi connectivity index (χ1v) is 9.48. The average Bonchev–Trinajstić information content (AvgIpc) is 3.29. The number of H-pyrrole nitrogens is 1. The summed E-state index contributed by atoms with van der Waals surface area (Å²) < 4.78 is 13.1. The van der Waals surface area contributed by atoms with E-state index in [1.807, 2.05) is 0 Å².